The van der Waals surface area contributed by atoms with Crippen LogP contribution < -0.4 is 0 Å². The molecule has 0 bridgehead atoms. The first kappa shape index (κ1) is 11.6. The Labute approximate surface area is 78.1 Å². The van der Waals surface area contributed by atoms with E-state index in [4.69, 9.17) is 4.74 Å². The number of esters is 1. The molecule has 0 aliphatic heterocycles. The van der Waals surface area contributed by atoms with Crippen LogP contribution in [0.5, 0.6) is 0 Å². The fourth-order valence-corrected chi connectivity index (χ4v) is 0.687. The molecule has 0 aromatic carbocycles. The van der Waals surface area contributed by atoms with E-state index in [1.165, 1.54) is 6.92 Å². The van der Waals surface area contributed by atoms with Crippen LogP contribution in [0.4, 0.5) is 0 Å². The van der Waals surface area contributed by atoms with Crippen LogP contribution in [0, 0.1) is 0 Å². The summed E-state index contributed by atoms with van der Waals surface area (Å²) in [4.78, 5) is 21.8. The maximum absolute atomic E-state index is 11.0. The van der Waals surface area contributed by atoms with Gasteiger partial charge < -0.3 is 4.74 Å². The molecule has 0 aliphatic carbocycles. The minimum Gasteiger partial charge on any atom is -0.463 e. The highest BCUT2D eigenvalue weighted by molar-refractivity contribution is 5.96. The lowest BCUT2D eigenvalue weighted by atomic mass is 10.1. The zero-order valence-electron chi connectivity index (χ0n) is 8.05. The van der Waals surface area contributed by atoms with Gasteiger partial charge in [0.2, 0.25) is 0 Å². The molecule has 0 radical (unpaired) electrons. The Morgan fingerprint density at radius 3 is 2.15 bits per heavy atom. The van der Waals surface area contributed by atoms with Crippen LogP contribution in [0.3, 0.4) is 0 Å². The number of ether oxygens (including phenoxy) is 1. The first-order valence-corrected chi connectivity index (χ1v) is 4.02. The minimum absolute atomic E-state index is 0.134. The van der Waals surface area contributed by atoms with E-state index >= 15 is 0 Å². The van der Waals surface area contributed by atoms with Crippen molar-refractivity contribution >= 4 is 11.8 Å². The van der Waals surface area contributed by atoms with Crippen LogP contribution in [-0.2, 0) is 14.3 Å². The monoisotopic (exact) mass is 182 g/mol. The summed E-state index contributed by atoms with van der Waals surface area (Å²) >= 11 is 0. The van der Waals surface area contributed by atoms with Gasteiger partial charge in [-0.05, 0) is 19.4 Å². The molecule has 0 rings (SSSR count). The van der Waals surface area contributed by atoms with E-state index in [9.17, 15) is 9.59 Å². The first-order valence-electron chi connectivity index (χ1n) is 4.02. The van der Waals surface area contributed by atoms with Crippen molar-refractivity contribution in [3.63, 3.8) is 0 Å². The number of hydrogen-bond acceptors (Lipinski definition) is 3. The zero-order valence-corrected chi connectivity index (χ0v) is 8.05. The van der Waals surface area contributed by atoms with Gasteiger partial charge in [-0.1, -0.05) is 13.2 Å². The van der Waals surface area contributed by atoms with E-state index in [0.717, 1.165) is 0 Å². The predicted molar refractivity (Wildman–Crippen MR) is 50.2 cm³/mol. The van der Waals surface area contributed by atoms with E-state index in [-0.39, 0.29) is 17.8 Å². The van der Waals surface area contributed by atoms with E-state index in [2.05, 4.69) is 13.2 Å². The van der Waals surface area contributed by atoms with Crippen molar-refractivity contribution in [1.29, 1.82) is 0 Å². The number of rotatable bonds is 5. The molecule has 3 heteroatoms. The predicted octanol–water partition coefficient (Wildman–Crippen LogP) is 1.64. The van der Waals surface area contributed by atoms with Crippen molar-refractivity contribution in [3.8, 4) is 0 Å². The number of ketones is 1. The molecular formula is C10H14O3. The molecule has 3 nitrogen and oxygen atoms in total. The second-order valence-corrected chi connectivity index (χ2v) is 2.66. The van der Waals surface area contributed by atoms with E-state index < -0.39 is 5.97 Å². The maximum Gasteiger partial charge on any atom is 0.333 e. The van der Waals surface area contributed by atoms with Crippen molar-refractivity contribution in [2.75, 3.05) is 6.61 Å². The zero-order chi connectivity index (χ0) is 10.4. The molecule has 0 aromatic heterocycles. The van der Waals surface area contributed by atoms with Crippen molar-refractivity contribution in [2.24, 2.45) is 0 Å². The highest BCUT2D eigenvalue weighted by Crippen LogP contribution is 2.09. The lowest BCUT2D eigenvalue weighted by molar-refractivity contribution is -0.138. The molecule has 0 aliphatic rings. The molecule has 0 N–H and O–H groups in total. The molecule has 0 spiro atoms. The molecule has 72 valence electrons. The average Bonchev–Trinajstić information content (AvgIpc) is 2.04. The number of carbonyl (C=O) groups is 2. The maximum atomic E-state index is 11.0. The van der Waals surface area contributed by atoms with Gasteiger partial charge in [-0.15, -0.1) is 0 Å². The molecule has 0 amide bonds. The smallest absolute Gasteiger partial charge is 0.333 e. The molecule has 0 atom stereocenters. The lowest BCUT2D eigenvalue weighted by Gasteiger charge is -2.04. The third-order valence-electron chi connectivity index (χ3n) is 1.49. The van der Waals surface area contributed by atoms with Crippen LogP contribution in [0.2, 0.25) is 0 Å². The molecule has 13 heavy (non-hydrogen) atoms. The van der Waals surface area contributed by atoms with Gasteiger partial charge in [-0.3, -0.25) is 4.79 Å². The standard InChI is InChI=1S/C10H14O3/c1-5-13-10(12)8(3)6-7(2)9(4)11/h2-3,5-6H2,1,4H3. The number of carbonyl (C=O) groups excluding carboxylic acids is 2. The summed E-state index contributed by atoms with van der Waals surface area (Å²) in [5.41, 5.74) is 0.639. The lowest BCUT2D eigenvalue weighted by Crippen LogP contribution is -2.08. The van der Waals surface area contributed by atoms with Gasteiger partial charge in [-0.25, -0.2) is 4.79 Å². The van der Waals surface area contributed by atoms with Crippen LogP contribution in [0.15, 0.2) is 24.3 Å². The highest BCUT2D eigenvalue weighted by Gasteiger charge is 2.10. The SMILES string of the molecule is C=C(CC(=C)C(=O)OCC)C(C)=O. The summed E-state index contributed by atoms with van der Waals surface area (Å²) in [6, 6.07) is 0. The molecule has 0 heterocycles. The Kier molecular flexibility index (Phi) is 4.74. The first-order chi connectivity index (χ1) is 5.99. The van der Waals surface area contributed by atoms with E-state index in [0.29, 0.717) is 12.2 Å². The van der Waals surface area contributed by atoms with Crippen LogP contribution >= 0.6 is 0 Å². The van der Waals surface area contributed by atoms with Gasteiger partial charge in [0.1, 0.15) is 0 Å². The van der Waals surface area contributed by atoms with Gasteiger partial charge in [0.15, 0.2) is 5.78 Å². The second kappa shape index (κ2) is 5.30. The highest BCUT2D eigenvalue weighted by atomic mass is 16.5. The quantitative estimate of drug-likeness (QED) is 0.479. The molecule has 0 saturated heterocycles. The van der Waals surface area contributed by atoms with Gasteiger partial charge in [0.05, 0.1) is 6.61 Å². The van der Waals surface area contributed by atoms with Crippen molar-refractivity contribution in [2.45, 2.75) is 20.3 Å². The summed E-state index contributed by atoms with van der Waals surface area (Å²) in [5.74, 6) is -0.602. The van der Waals surface area contributed by atoms with Gasteiger partial charge in [-0.2, -0.15) is 0 Å². The molecule has 0 saturated carbocycles. The third-order valence-corrected chi connectivity index (χ3v) is 1.49. The number of Topliss-reactive ketones (excluding diaryl/α,β-unsaturated/α-hetero) is 1. The normalized spacial score (nSPS) is 9.08. The summed E-state index contributed by atoms with van der Waals surface area (Å²) in [6.07, 6.45) is 0.189. The average molecular weight is 182 g/mol. The fourth-order valence-electron chi connectivity index (χ4n) is 0.687. The Morgan fingerprint density at radius 2 is 1.77 bits per heavy atom. The summed E-state index contributed by atoms with van der Waals surface area (Å²) < 4.78 is 4.69. The Bertz CT molecular complexity index is 251. The minimum atomic E-state index is -0.468. The Morgan fingerprint density at radius 1 is 1.23 bits per heavy atom. The van der Waals surface area contributed by atoms with E-state index in [1.54, 1.807) is 6.92 Å². The Hall–Kier alpha value is -1.38. The molecule has 0 unspecified atom stereocenters. The van der Waals surface area contributed by atoms with Crippen LogP contribution in [0.1, 0.15) is 20.3 Å². The van der Waals surface area contributed by atoms with Gasteiger partial charge >= 0.3 is 5.97 Å². The number of hydrogen-bond donors (Lipinski definition) is 0. The number of allylic oxidation sites excluding steroid dienone is 1. The topological polar surface area (TPSA) is 43.4 Å². The van der Waals surface area contributed by atoms with Crippen LogP contribution in [-0.4, -0.2) is 18.4 Å². The summed E-state index contributed by atoms with van der Waals surface area (Å²) in [6.45, 7) is 10.5. The van der Waals surface area contributed by atoms with Crippen molar-refractivity contribution < 1.29 is 14.3 Å². The van der Waals surface area contributed by atoms with Crippen LogP contribution in [0.25, 0.3) is 0 Å². The fraction of sp³-hybridized carbons (Fsp3) is 0.400. The van der Waals surface area contributed by atoms with Crippen molar-refractivity contribution in [1.82, 2.24) is 0 Å². The van der Waals surface area contributed by atoms with Crippen molar-refractivity contribution in [3.05, 3.63) is 24.3 Å². The molecular weight excluding hydrogens is 168 g/mol. The summed E-state index contributed by atoms with van der Waals surface area (Å²) in [5, 5.41) is 0. The summed E-state index contributed by atoms with van der Waals surface area (Å²) in [7, 11) is 0. The largest absolute Gasteiger partial charge is 0.463 e. The second-order valence-electron chi connectivity index (χ2n) is 2.66. The van der Waals surface area contributed by atoms with Gasteiger partial charge in [0.25, 0.3) is 0 Å². The molecule has 0 fully saturated rings. The molecule has 0 aromatic rings. The van der Waals surface area contributed by atoms with Gasteiger partial charge in [0, 0.05) is 12.0 Å². The third kappa shape index (κ3) is 4.25. The Balaban J connectivity index is 4.08. The van der Waals surface area contributed by atoms with E-state index in [1.807, 2.05) is 0 Å².